The zero-order chi connectivity index (χ0) is 7.56. The number of hydrogen-bond donors (Lipinski definition) is 2. The van der Waals surface area contributed by atoms with Crippen LogP contribution in [0.4, 0.5) is 0 Å². The smallest absolute Gasteiger partial charge is 0.144 e. The van der Waals surface area contributed by atoms with Gasteiger partial charge in [0.15, 0.2) is 0 Å². The molecule has 4 heteroatoms. The first kappa shape index (κ1) is 7.37. The molecule has 0 saturated carbocycles. The minimum Gasteiger partial charge on any atom is -0.462 e. The summed E-state index contributed by atoms with van der Waals surface area (Å²) < 4.78 is 5.01. The predicted octanol–water partition coefficient (Wildman–Crippen LogP) is -1.48. The van der Waals surface area contributed by atoms with Crippen LogP contribution in [0.1, 0.15) is 11.5 Å². The molecule has 0 bridgehead atoms. The summed E-state index contributed by atoms with van der Waals surface area (Å²) in [5.41, 5.74) is 0.881. The molecular weight excluding hydrogens is 131 g/mol. The van der Waals surface area contributed by atoms with Gasteiger partial charge in [-0.3, -0.25) is 0 Å². The van der Waals surface area contributed by atoms with Crippen molar-refractivity contribution in [2.24, 2.45) is 0 Å². The molecule has 0 spiro atoms. The summed E-state index contributed by atoms with van der Waals surface area (Å²) in [4.78, 5) is 0. The lowest BCUT2D eigenvalue weighted by atomic mass is 9.97. The fourth-order valence-electron chi connectivity index (χ4n) is 0.825. The van der Waals surface area contributed by atoms with Crippen molar-refractivity contribution in [3.05, 3.63) is 17.6 Å². The number of rotatable bonds is 2. The van der Waals surface area contributed by atoms with E-state index in [2.05, 4.69) is 0 Å². The highest BCUT2D eigenvalue weighted by molar-refractivity contribution is 6.33. The number of hydrogen-bond acceptors (Lipinski definition) is 3. The van der Waals surface area contributed by atoms with Gasteiger partial charge in [0.1, 0.15) is 32.6 Å². The molecule has 1 aromatic heterocycles. The van der Waals surface area contributed by atoms with Crippen LogP contribution in [0.2, 0.25) is 0 Å². The molecule has 1 rings (SSSR count). The molecule has 0 radical (unpaired) electrons. The van der Waals surface area contributed by atoms with E-state index in [-0.39, 0.29) is 13.2 Å². The number of aliphatic hydroxyl groups excluding tert-OH is 2. The van der Waals surface area contributed by atoms with Gasteiger partial charge in [-0.25, -0.2) is 0 Å². The minimum atomic E-state index is -0.110. The van der Waals surface area contributed by atoms with E-state index in [9.17, 15) is 0 Å². The van der Waals surface area contributed by atoms with Gasteiger partial charge < -0.3 is 14.6 Å². The van der Waals surface area contributed by atoms with Crippen LogP contribution in [-0.4, -0.2) is 18.1 Å². The van der Waals surface area contributed by atoms with E-state index in [1.54, 1.807) is 6.07 Å². The molecule has 0 saturated heterocycles. The first-order valence-corrected chi connectivity index (χ1v) is 3.08. The van der Waals surface area contributed by atoms with Gasteiger partial charge in [-0.05, 0) is 11.5 Å². The lowest BCUT2D eigenvalue weighted by Gasteiger charge is -1.88. The SMILES string of the molecule is Bc1cc(CO)oc1CO. The maximum Gasteiger partial charge on any atom is 0.144 e. The van der Waals surface area contributed by atoms with Crippen molar-refractivity contribution in [2.45, 2.75) is 13.2 Å². The fourth-order valence-corrected chi connectivity index (χ4v) is 0.825. The standard InChI is InChI=1S/C6H9BO3/c7-5-1-4(2-8)10-6(5)3-9/h1,8-9H,2-3,7H2. The van der Waals surface area contributed by atoms with Gasteiger partial charge in [-0.1, -0.05) is 0 Å². The van der Waals surface area contributed by atoms with E-state index in [0.717, 1.165) is 5.46 Å². The van der Waals surface area contributed by atoms with E-state index < -0.39 is 0 Å². The van der Waals surface area contributed by atoms with Gasteiger partial charge in [-0.15, -0.1) is 0 Å². The van der Waals surface area contributed by atoms with Crippen LogP contribution in [0.25, 0.3) is 0 Å². The number of furan rings is 1. The fraction of sp³-hybridized carbons (Fsp3) is 0.333. The summed E-state index contributed by atoms with van der Waals surface area (Å²) >= 11 is 0. The van der Waals surface area contributed by atoms with Crippen molar-refractivity contribution >= 4 is 13.3 Å². The van der Waals surface area contributed by atoms with Crippen LogP contribution in [0, 0.1) is 0 Å². The van der Waals surface area contributed by atoms with Crippen LogP contribution < -0.4 is 5.46 Å². The largest absolute Gasteiger partial charge is 0.462 e. The molecule has 0 unspecified atom stereocenters. The molecule has 0 amide bonds. The molecule has 1 aromatic rings. The molecule has 0 atom stereocenters. The topological polar surface area (TPSA) is 53.6 Å². The van der Waals surface area contributed by atoms with Crippen molar-refractivity contribution in [1.82, 2.24) is 0 Å². The summed E-state index contributed by atoms with van der Waals surface area (Å²) in [5.74, 6) is 1.03. The maximum absolute atomic E-state index is 8.65. The Kier molecular flexibility index (Phi) is 2.14. The Labute approximate surface area is 59.7 Å². The van der Waals surface area contributed by atoms with E-state index in [0.29, 0.717) is 11.5 Å². The van der Waals surface area contributed by atoms with Crippen LogP contribution in [0.15, 0.2) is 10.5 Å². The Balaban J connectivity index is 2.92. The Morgan fingerprint density at radius 2 is 2.10 bits per heavy atom. The van der Waals surface area contributed by atoms with Gasteiger partial charge in [0.05, 0.1) is 0 Å². The molecule has 54 valence electrons. The monoisotopic (exact) mass is 140 g/mol. The maximum atomic E-state index is 8.65. The average molecular weight is 140 g/mol. The van der Waals surface area contributed by atoms with Crippen molar-refractivity contribution in [2.75, 3.05) is 0 Å². The van der Waals surface area contributed by atoms with Crippen molar-refractivity contribution in [1.29, 1.82) is 0 Å². The van der Waals surface area contributed by atoms with Crippen LogP contribution in [0.5, 0.6) is 0 Å². The summed E-state index contributed by atoms with van der Waals surface area (Å²) in [6, 6.07) is 1.71. The van der Waals surface area contributed by atoms with Crippen LogP contribution in [-0.2, 0) is 13.2 Å². The molecule has 1 heterocycles. The second kappa shape index (κ2) is 2.90. The first-order valence-electron chi connectivity index (χ1n) is 3.08. The lowest BCUT2D eigenvalue weighted by molar-refractivity contribution is 0.216. The summed E-state index contributed by atoms with van der Waals surface area (Å²) in [7, 11) is 1.83. The molecular formula is C6H9BO3. The van der Waals surface area contributed by atoms with Crippen LogP contribution in [0.3, 0.4) is 0 Å². The summed E-state index contributed by atoms with van der Waals surface area (Å²) in [5, 5.41) is 17.2. The van der Waals surface area contributed by atoms with E-state index in [1.807, 2.05) is 7.85 Å². The summed E-state index contributed by atoms with van der Waals surface area (Å²) in [6.07, 6.45) is 0. The highest BCUT2D eigenvalue weighted by Crippen LogP contribution is 2.03. The highest BCUT2D eigenvalue weighted by Gasteiger charge is 2.03. The minimum absolute atomic E-state index is 0.105. The molecule has 2 N–H and O–H groups in total. The molecule has 3 nitrogen and oxygen atoms in total. The third-order valence-electron chi connectivity index (χ3n) is 1.37. The molecule has 0 aliphatic carbocycles. The van der Waals surface area contributed by atoms with Crippen LogP contribution >= 0.6 is 0 Å². The van der Waals surface area contributed by atoms with Crippen molar-refractivity contribution in [3.63, 3.8) is 0 Å². The highest BCUT2D eigenvalue weighted by atomic mass is 16.4. The van der Waals surface area contributed by atoms with E-state index in [1.165, 1.54) is 0 Å². The average Bonchev–Trinajstić information content (AvgIpc) is 2.30. The Morgan fingerprint density at radius 1 is 1.40 bits per heavy atom. The third-order valence-corrected chi connectivity index (χ3v) is 1.37. The van der Waals surface area contributed by atoms with Crippen molar-refractivity contribution < 1.29 is 14.6 Å². The van der Waals surface area contributed by atoms with Gasteiger partial charge in [0.2, 0.25) is 0 Å². The van der Waals surface area contributed by atoms with E-state index >= 15 is 0 Å². The van der Waals surface area contributed by atoms with Gasteiger partial charge in [0.25, 0.3) is 0 Å². The second-order valence-electron chi connectivity index (χ2n) is 2.14. The zero-order valence-electron chi connectivity index (χ0n) is 5.79. The Morgan fingerprint density at radius 3 is 2.40 bits per heavy atom. The normalized spacial score (nSPS) is 10.2. The molecule has 0 aromatic carbocycles. The molecule has 0 aliphatic heterocycles. The zero-order valence-corrected chi connectivity index (χ0v) is 5.79. The Bertz CT molecular complexity index is 219. The van der Waals surface area contributed by atoms with Gasteiger partial charge in [-0.2, -0.15) is 0 Å². The molecule has 10 heavy (non-hydrogen) atoms. The Hall–Kier alpha value is -0.735. The number of aliphatic hydroxyl groups is 2. The first-order chi connectivity index (χ1) is 4.77. The van der Waals surface area contributed by atoms with Gasteiger partial charge in [0, 0.05) is 0 Å². The summed E-state index contributed by atoms with van der Waals surface area (Å²) in [6.45, 7) is -0.216. The van der Waals surface area contributed by atoms with Crippen molar-refractivity contribution in [3.8, 4) is 0 Å². The van der Waals surface area contributed by atoms with E-state index in [4.69, 9.17) is 14.6 Å². The quantitative estimate of drug-likeness (QED) is 0.492. The van der Waals surface area contributed by atoms with Gasteiger partial charge >= 0.3 is 0 Å². The molecule has 0 fully saturated rings. The predicted molar refractivity (Wildman–Crippen MR) is 38.7 cm³/mol. The lowest BCUT2D eigenvalue weighted by Crippen LogP contribution is -2.04. The molecule has 0 aliphatic rings. The second-order valence-corrected chi connectivity index (χ2v) is 2.14. The third kappa shape index (κ3) is 1.22.